The molecule has 172 valence electrons. The van der Waals surface area contributed by atoms with Crippen LogP contribution >= 0.6 is 0 Å². The Hall–Kier alpha value is -3.55. The average Bonchev–Trinajstić information content (AvgIpc) is 2.76. The van der Waals surface area contributed by atoms with Gasteiger partial charge in [0.15, 0.2) is 11.5 Å². The Kier molecular flexibility index (Phi) is 9.07. The number of amides is 2. The number of hydrogen-bond acceptors (Lipinski definition) is 6. The second kappa shape index (κ2) is 11.7. The van der Waals surface area contributed by atoms with Gasteiger partial charge in [0.25, 0.3) is 5.91 Å². The largest absolute Gasteiger partial charge is 0.493 e. The third-order valence-corrected chi connectivity index (χ3v) is 4.61. The van der Waals surface area contributed by atoms with Gasteiger partial charge < -0.3 is 24.8 Å². The minimum absolute atomic E-state index is 0.0173. The summed E-state index contributed by atoms with van der Waals surface area (Å²) in [6, 6.07) is 11.7. The first-order valence-corrected chi connectivity index (χ1v) is 10.3. The van der Waals surface area contributed by atoms with E-state index in [1.165, 1.54) is 20.3 Å². The normalized spacial score (nSPS) is 11.4. The quantitative estimate of drug-likeness (QED) is 0.549. The van der Waals surface area contributed by atoms with Gasteiger partial charge in [0.2, 0.25) is 5.91 Å². The Morgan fingerprint density at radius 3 is 2.19 bits per heavy atom. The molecule has 0 aliphatic rings. The zero-order chi connectivity index (χ0) is 23.7. The Bertz CT molecular complexity index is 940. The molecular weight excluding hydrogens is 412 g/mol. The van der Waals surface area contributed by atoms with Crippen LogP contribution in [0.2, 0.25) is 0 Å². The molecule has 0 bridgehead atoms. The number of aryl methyl sites for hydroxylation is 1. The maximum Gasteiger partial charge on any atom is 0.308 e. The standard InChI is InChI=1S/C24H30N2O6/c1-15(2)32-23(28)13-19(17-8-6-16(3)7-9-17)26-22(27)14-25-24(29)18-10-11-20(30-4)21(12-18)31-5/h6-12,15,19H,13-14H2,1-5H3,(H,25,29)(H,26,27). The molecule has 0 aliphatic carbocycles. The number of benzene rings is 2. The molecule has 0 heterocycles. The summed E-state index contributed by atoms with van der Waals surface area (Å²) in [4.78, 5) is 37.2. The van der Waals surface area contributed by atoms with Gasteiger partial charge in [-0.15, -0.1) is 0 Å². The Morgan fingerprint density at radius 2 is 1.59 bits per heavy atom. The fourth-order valence-corrected chi connectivity index (χ4v) is 3.01. The van der Waals surface area contributed by atoms with Crippen molar-refractivity contribution in [2.24, 2.45) is 0 Å². The van der Waals surface area contributed by atoms with Crippen LogP contribution in [0.3, 0.4) is 0 Å². The van der Waals surface area contributed by atoms with Gasteiger partial charge in [-0.1, -0.05) is 29.8 Å². The molecule has 2 aromatic carbocycles. The van der Waals surface area contributed by atoms with Crippen molar-refractivity contribution in [1.82, 2.24) is 10.6 Å². The van der Waals surface area contributed by atoms with E-state index in [9.17, 15) is 14.4 Å². The van der Waals surface area contributed by atoms with Crippen LogP contribution in [0.4, 0.5) is 0 Å². The number of ether oxygens (including phenoxy) is 3. The Morgan fingerprint density at radius 1 is 0.938 bits per heavy atom. The van der Waals surface area contributed by atoms with Crippen LogP contribution in [-0.4, -0.2) is 44.7 Å². The van der Waals surface area contributed by atoms with Crippen molar-refractivity contribution in [1.29, 1.82) is 0 Å². The molecule has 0 fully saturated rings. The van der Waals surface area contributed by atoms with E-state index >= 15 is 0 Å². The average molecular weight is 443 g/mol. The molecule has 0 spiro atoms. The van der Waals surface area contributed by atoms with E-state index in [2.05, 4.69) is 10.6 Å². The van der Waals surface area contributed by atoms with E-state index in [0.717, 1.165) is 11.1 Å². The van der Waals surface area contributed by atoms with Crippen molar-refractivity contribution in [3.63, 3.8) is 0 Å². The molecule has 2 N–H and O–H groups in total. The molecule has 0 aliphatic heterocycles. The molecule has 2 rings (SSSR count). The van der Waals surface area contributed by atoms with E-state index in [4.69, 9.17) is 14.2 Å². The van der Waals surface area contributed by atoms with E-state index in [-0.39, 0.29) is 19.1 Å². The summed E-state index contributed by atoms with van der Waals surface area (Å²) in [6.07, 6.45) is -0.269. The van der Waals surface area contributed by atoms with E-state index in [0.29, 0.717) is 17.1 Å². The minimum Gasteiger partial charge on any atom is -0.493 e. The molecule has 0 saturated heterocycles. The van der Waals surface area contributed by atoms with Gasteiger partial charge in [0.1, 0.15) is 0 Å². The fraction of sp³-hybridized carbons (Fsp3) is 0.375. The first-order chi connectivity index (χ1) is 15.2. The van der Waals surface area contributed by atoms with Crippen LogP contribution in [0.5, 0.6) is 11.5 Å². The summed E-state index contributed by atoms with van der Waals surface area (Å²) in [7, 11) is 2.98. The molecule has 0 radical (unpaired) electrons. The smallest absolute Gasteiger partial charge is 0.308 e. The summed E-state index contributed by atoms with van der Waals surface area (Å²) in [5.41, 5.74) is 2.16. The maximum atomic E-state index is 12.5. The van der Waals surface area contributed by atoms with Crippen molar-refractivity contribution in [3.8, 4) is 11.5 Å². The topological polar surface area (TPSA) is 103 Å². The third kappa shape index (κ3) is 7.30. The highest BCUT2D eigenvalue weighted by atomic mass is 16.5. The molecule has 2 aromatic rings. The fourth-order valence-electron chi connectivity index (χ4n) is 3.01. The lowest BCUT2D eigenvalue weighted by molar-refractivity contribution is -0.148. The number of carbonyl (C=O) groups excluding carboxylic acids is 3. The van der Waals surface area contributed by atoms with Gasteiger partial charge in [0, 0.05) is 5.56 Å². The summed E-state index contributed by atoms with van der Waals surface area (Å²) in [6.45, 7) is 5.23. The lowest BCUT2D eigenvalue weighted by Gasteiger charge is -2.20. The first-order valence-electron chi connectivity index (χ1n) is 10.3. The van der Waals surface area contributed by atoms with Crippen molar-refractivity contribution < 1.29 is 28.6 Å². The zero-order valence-corrected chi connectivity index (χ0v) is 19.1. The van der Waals surface area contributed by atoms with Crippen molar-refractivity contribution in [2.75, 3.05) is 20.8 Å². The molecule has 32 heavy (non-hydrogen) atoms. The zero-order valence-electron chi connectivity index (χ0n) is 19.1. The molecule has 8 heteroatoms. The van der Waals surface area contributed by atoms with Gasteiger partial charge in [-0.25, -0.2) is 0 Å². The highest BCUT2D eigenvalue weighted by Crippen LogP contribution is 2.27. The van der Waals surface area contributed by atoms with Gasteiger partial charge in [-0.05, 0) is 44.5 Å². The van der Waals surface area contributed by atoms with Gasteiger partial charge >= 0.3 is 5.97 Å². The molecule has 1 atom stereocenters. The lowest BCUT2D eigenvalue weighted by Crippen LogP contribution is -2.39. The van der Waals surface area contributed by atoms with Gasteiger partial charge in [-0.2, -0.15) is 0 Å². The van der Waals surface area contributed by atoms with Gasteiger partial charge in [0.05, 0.1) is 39.3 Å². The molecule has 0 aromatic heterocycles. The van der Waals surface area contributed by atoms with Crippen LogP contribution < -0.4 is 20.1 Å². The van der Waals surface area contributed by atoms with Gasteiger partial charge in [-0.3, -0.25) is 14.4 Å². The number of esters is 1. The summed E-state index contributed by atoms with van der Waals surface area (Å²) in [5.74, 6) is -0.377. The second-order valence-electron chi connectivity index (χ2n) is 7.53. The van der Waals surface area contributed by atoms with Crippen LogP contribution in [0.1, 0.15) is 47.8 Å². The van der Waals surface area contributed by atoms with Crippen molar-refractivity contribution in [3.05, 3.63) is 59.2 Å². The van der Waals surface area contributed by atoms with Crippen LogP contribution in [0, 0.1) is 6.92 Å². The SMILES string of the molecule is COc1ccc(C(=O)NCC(=O)NC(CC(=O)OC(C)C)c2ccc(C)cc2)cc1OC. The highest BCUT2D eigenvalue weighted by molar-refractivity contribution is 5.97. The van der Waals surface area contributed by atoms with Crippen LogP contribution in [0.15, 0.2) is 42.5 Å². The number of rotatable bonds is 10. The molecule has 2 amide bonds. The lowest BCUT2D eigenvalue weighted by atomic mass is 10.0. The Balaban J connectivity index is 2.03. The summed E-state index contributed by atoms with van der Waals surface area (Å²) < 4.78 is 15.6. The molecular formula is C24H30N2O6. The van der Waals surface area contributed by atoms with Crippen molar-refractivity contribution in [2.45, 2.75) is 39.3 Å². The molecule has 0 saturated carbocycles. The Labute approximate surface area is 188 Å². The van der Waals surface area contributed by atoms with E-state index in [1.54, 1.807) is 26.0 Å². The number of hydrogen-bond donors (Lipinski definition) is 2. The van der Waals surface area contributed by atoms with Crippen LogP contribution in [-0.2, 0) is 14.3 Å². The van der Waals surface area contributed by atoms with E-state index < -0.39 is 23.8 Å². The number of methoxy groups -OCH3 is 2. The third-order valence-electron chi connectivity index (χ3n) is 4.61. The highest BCUT2D eigenvalue weighted by Gasteiger charge is 2.21. The first kappa shape index (κ1) is 24.7. The monoisotopic (exact) mass is 442 g/mol. The second-order valence-corrected chi connectivity index (χ2v) is 7.53. The molecule has 8 nitrogen and oxygen atoms in total. The van der Waals surface area contributed by atoms with E-state index in [1.807, 2.05) is 31.2 Å². The summed E-state index contributed by atoms with van der Waals surface area (Å²) in [5, 5.41) is 5.38. The number of nitrogens with one attached hydrogen (secondary N) is 2. The minimum atomic E-state index is -0.577. The number of carbonyl (C=O) groups is 3. The predicted molar refractivity (Wildman–Crippen MR) is 120 cm³/mol. The maximum absolute atomic E-state index is 12.5. The summed E-state index contributed by atoms with van der Waals surface area (Å²) >= 11 is 0. The molecule has 1 unspecified atom stereocenters. The van der Waals surface area contributed by atoms with Crippen LogP contribution in [0.25, 0.3) is 0 Å². The predicted octanol–water partition coefficient (Wildman–Crippen LogP) is 2.94. The van der Waals surface area contributed by atoms with Crippen molar-refractivity contribution >= 4 is 17.8 Å².